The van der Waals surface area contributed by atoms with Crippen molar-refractivity contribution in [3.63, 3.8) is 0 Å². The number of carbonyl (C=O) groups excluding carboxylic acids is 3. The molecule has 3 fully saturated rings. The zero-order valence-electron chi connectivity index (χ0n) is 23.7. The highest BCUT2D eigenvalue weighted by Gasteiger charge is 2.39. The van der Waals surface area contributed by atoms with Gasteiger partial charge in [0.05, 0.1) is 6.07 Å². The van der Waals surface area contributed by atoms with Crippen molar-refractivity contribution in [3.05, 3.63) is 40.4 Å². The molecule has 0 bridgehead atoms. The summed E-state index contributed by atoms with van der Waals surface area (Å²) in [5.74, 6) is -0.341. The van der Waals surface area contributed by atoms with Crippen LogP contribution in [0.25, 0.3) is 0 Å². The first-order valence-corrected chi connectivity index (χ1v) is 15.5. The third kappa shape index (κ3) is 8.02. The molecule has 1 aromatic carbocycles. The molecular formula is C30H39N7O3S. The van der Waals surface area contributed by atoms with Gasteiger partial charge in [0.25, 0.3) is 11.8 Å². The van der Waals surface area contributed by atoms with Crippen LogP contribution in [-0.4, -0.2) is 78.6 Å². The molecule has 11 heteroatoms. The molecule has 3 amide bonds. The lowest BCUT2D eigenvalue weighted by Crippen LogP contribution is -2.35. The van der Waals surface area contributed by atoms with Gasteiger partial charge in [0.15, 0.2) is 0 Å². The first-order valence-electron chi connectivity index (χ1n) is 14.6. The second kappa shape index (κ2) is 14.9. The molecule has 3 N–H and O–H groups in total. The van der Waals surface area contributed by atoms with Crippen LogP contribution in [-0.2, 0) is 9.59 Å². The van der Waals surface area contributed by atoms with E-state index in [1.807, 2.05) is 25.1 Å². The predicted octanol–water partition coefficient (Wildman–Crippen LogP) is 3.07. The zero-order chi connectivity index (χ0) is 29.2. The van der Waals surface area contributed by atoms with E-state index < -0.39 is 11.2 Å². The Morgan fingerprint density at radius 2 is 1.73 bits per heavy atom. The molecule has 1 aliphatic carbocycles. The number of carbonyl (C=O) groups is 3. The standard InChI is InChI=1S/C30H39N7O3S/c1-2-37-29(40)26(41-30(37)25(18-32)28(39)35-19-22-7-5-21(17-31)6-8-22)20-34-24-11-9-23(10-12-24)27(38)33-13-16-36-14-3-4-15-36/h9-12,21-22,26,34H,2-8,13-16,19-20H2,1H3,(H,33,38)(H,35,39)/b30-25-. The number of nitriles is 2. The van der Waals surface area contributed by atoms with Crippen LogP contribution in [0.1, 0.15) is 55.8 Å². The summed E-state index contributed by atoms with van der Waals surface area (Å²) in [5, 5.41) is 27.9. The van der Waals surface area contributed by atoms with Gasteiger partial charge in [-0.05, 0) is 88.7 Å². The lowest BCUT2D eigenvalue weighted by Gasteiger charge is -2.25. The van der Waals surface area contributed by atoms with Crippen molar-refractivity contribution in [1.29, 1.82) is 10.5 Å². The third-order valence-corrected chi connectivity index (χ3v) is 9.34. The summed E-state index contributed by atoms with van der Waals surface area (Å²) in [6.07, 6.45) is 5.87. The number of hydrogen-bond donors (Lipinski definition) is 3. The van der Waals surface area contributed by atoms with Crippen molar-refractivity contribution in [2.75, 3.05) is 51.1 Å². The number of likely N-dealkylation sites (tertiary alicyclic amines) is 1. The van der Waals surface area contributed by atoms with Crippen LogP contribution in [0.4, 0.5) is 5.69 Å². The fourth-order valence-corrected chi connectivity index (χ4v) is 6.81. The molecule has 2 heterocycles. The summed E-state index contributed by atoms with van der Waals surface area (Å²) in [6, 6.07) is 11.5. The number of rotatable bonds is 11. The van der Waals surface area contributed by atoms with E-state index in [0.29, 0.717) is 36.8 Å². The van der Waals surface area contributed by atoms with Crippen LogP contribution in [0.3, 0.4) is 0 Å². The molecule has 41 heavy (non-hydrogen) atoms. The number of benzene rings is 1. The fourth-order valence-electron chi connectivity index (χ4n) is 5.55. The van der Waals surface area contributed by atoms with E-state index in [9.17, 15) is 19.6 Å². The highest BCUT2D eigenvalue weighted by molar-refractivity contribution is 8.04. The summed E-state index contributed by atoms with van der Waals surface area (Å²) >= 11 is 1.23. The van der Waals surface area contributed by atoms with Crippen LogP contribution < -0.4 is 16.0 Å². The van der Waals surface area contributed by atoms with Crippen molar-refractivity contribution in [2.24, 2.45) is 11.8 Å². The summed E-state index contributed by atoms with van der Waals surface area (Å²) in [6.45, 7) is 6.63. The zero-order valence-corrected chi connectivity index (χ0v) is 24.5. The molecule has 1 aromatic rings. The highest BCUT2D eigenvalue weighted by atomic mass is 32.2. The van der Waals surface area contributed by atoms with Gasteiger partial charge in [0.1, 0.15) is 21.9 Å². The average molecular weight is 578 g/mol. The van der Waals surface area contributed by atoms with Crippen LogP contribution in [0.5, 0.6) is 0 Å². The van der Waals surface area contributed by atoms with Gasteiger partial charge >= 0.3 is 0 Å². The van der Waals surface area contributed by atoms with E-state index in [-0.39, 0.29) is 29.2 Å². The predicted molar refractivity (Wildman–Crippen MR) is 158 cm³/mol. The van der Waals surface area contributed by atoms with E-state index in [0.717, 1.165) is 51.0 Å². The number of anilines is 1. The number of nitrogens with zero attached hydrogens (tertiary/aromatic N) is 4. The molecule has 218 valence electrons. The van der Waals surface area contributed by atoms with Gasteiger partial charge in [0.2, 0.25) is 5.91 Å². The molecule has 1 atom stereocenters. The van der Waals surface area contributed by atoms with Gasteiger partial charge in [-0.1, -0.05) is 11.8 Å². The second-order valence-electron chi connectivity index (χ2n) is 10.8. The van der Waals surface area contributed by atoms with Crippen molar-refractivity contribution < 1.29 is 14.4 Å². The Hall–Kier alpha value is -3.54. The van der Waals surface area contributed by atoms with E-state index in [1.54, 1.807) is 12.1 Å². The van der Waals surface area contributed by atoms with Crippen LogP contribution >= 0.6 is 11.8 Å². The first-order chi connectivity index (χ1) is 19.9. The Bertz CT molecular complexity index is 1210. The smallest absolute Gasteiger partial charge is 0.264 e. The van der Waals surface area contributed by atoms with E-state index in [2.05, 4.69) is 26.9 Å². The lowest BCUT2D eigenvalue weighted by atomic mass is 9.83. The molecule has 0 aromatic heterocycles. The molecule has 10 nitrogen and oxygen atoms in total. The largest absolute Gasteiger partial charge is 0.383 e. The van der Waals surface area contributed by atoms with Crippen LogP contribution in [0, 0.1) is 34.5 Å². The monoisotopic (exact) mass is 577 g/mol. The van der Waals surface area contributed by atoms with Gasteiger partial charge in [-0.2, -0.15) is 10.5 Å². The van der Waals surface area contributed by atoms with Gasteiger partial charge in [-0.25, -0.2) is 0 Å². The van der Waals surface area contributed by atoms with Crippen molar-refractivity contribution in [1.82, 2.24) is 20.4 Å². The van der Waals surface area contributed by atoms with Gasteiger partial charge in [-0.15, -0.1) is 0 Å². The maximum absolute atomic E-state index is 13.1. The van der Waals surface area contributed by atoms with Gasteiger partial charge in [0, 0.05) is 49.9 Å². The maximum atomic E-state index is 13.1. The summed E-state index contributed by atoms with van der Waals surface area (Å²) in [4.78, 5) is 42.4. The summed E-state index contributed by atoms with van der Waals surface area (Å²) in [7, 11) is 0. The van der Waals surface area contributed by atoms with Crippen molar-refractivity contribution in [2.45, 2.75) is 50.7 Å². The fraction of sp³-hybridized carbons (Fsp3) is 0.567. The molecule has 3 aliphatic rings. The minimum Gasteiger partial charge on any atom is -0.383 e. The number of thioether (sulfide) groups is 1. The quantitative estimate of drug-likeness (QED) is 0.269. The first kappa shape index (κ1) is 30.4. The Morgan fingerprint density at radius 1 is 1.02 bits per heavy atom. The Balaban J connectivity index is 1.29. The minimum atomic E-state index is -0.490. The SMILES string of the molecule is CCN1C(=O)C(CNc2ccc(C(=O)NCCN3CCCC3)cc2)S/C1=C(/C#N)C(=O)NCC1CCC(C#N)CC1. The lowest BCUT2D eigenvalue weighted by molar-refractivity contribution is -0.127. The molecule has 2 aliphatic heterocycles. The number of nitrogens with one attached hydrogen (secondary N) is 3. The Kier molecular flexibility index (Phi) is 11.1. The minimum absolute atomic E-state index is 0.0430. The molecule has 4 rings (SSSR count). The summed E-state index contributed by atoms with van der Waals surface area (Å²) < 4.78 is 0. The van der Waals surface area contributed by atoms with Gasteiger partial charge < -0.3 is 25.8 Å². The van der Waals surface area contributed by atoms with Crippen molar-refractivity contribution in [3.8, 4) is 12.1 Å². The van der Waals surface area contributed by atoms with Crippen LogP contribution in [0.2, 0.25) is 0 Å². The third-order valence-electron chi connectivity index (χ3n) is 8.04. The molecule has 0 spiro atoms. The topological polar surface area (TPSA) is 141 Å². The van der Waals surface area contributed by atoms with E-state index >= 15 is 0 Å². The molecule has 0 radical (unpaired) electrons. The Morgan fingerprint density at radius 3 is 2.37 bits per heavy atom. The summed E-state index contributed by atoms with van der Waals surface area (Å²) in [5.41, 5.74) is 1.31. The van der Waals surface area contributed by atoms with E-state index in [4.69, 9.17) is 5.26 Å². The average Bonchev–Trinajstić information content (AvgIpc) is 3.63. The Labute approximate surface area is 246 Å². The maximum Gasteiger partial charge on any atom is 0.264 e. The molecule has 2 saturated heterocycles. The normalized spacial score (nSPS) is 23.9. The van der Waals surface area contributed by atoms with Gasteiger partial charge in [-0.3, -0.25) is 14.4 Å². The van der Waals surface area contributed by atoms with Crippen LogP contribution in [0.15, 0.2) is 34.9 Å². The number of hydrogen-bond acceptors (Lipinski definition) is 8. The molecular weight excluding hydrogens is 538 g/mol. The molecule has 1 unspecified atom stereocenters. The van der Waals surface area contributed by atoms with E-state index in [1.165, 1.54) is 29.5 Å². The molecule has 1 saturated carbocycles. The highest BCUT2D eigenvalue weighted by Crippen LogP contribution is 2.37. The van der Waals surface area contributed by atoms with Crippen molar-refractivity contribution >= 4 is 35.2 Å². The number of amides is 3. The second-order valence-corrected chi connectivity index (χ2v) is 12.0.